The molecular formula is C27H22ClN5O3. The number of nitrogens with zero attached hydrogens (tertiary/aromatic N) is 4. The number of carbonyl (C=O) groups excluding carboxylic acids is 1. The van der Waals surface area contributed by atoms with Crippen LogP contribution in [0.1, 0.15) is 11.4 Å². The molecule has 3 aromatic carbocycles. The molecule has 9 heteroatoms. The fraction of sp³-hybridized carbons (Fsp3) is 0.111. The number of hydrogen-bond donors (Lipinski definition) is 1. The maximum Gasteiger partial charge on any atom is 0.262 e. The summed E-state index contributed by atoms with van der Waals surface area (Å²) in [5, 5.41) is 21.4. The Balaban J connectivity index is 1.51. The molecule has 36 heavy (non-hydrogen) atoms. The molecule has 0 radical (unpaired) electrons. The molecule has 0 saturated carbocycles. The predicted molar refractivity (Wildman–Crippen MR) is 138 cm³/mol. The minimum atomic E-state index is -0.364. The Hall–Kier alpha value is -4.61. The van der Waals surface area contributed by atoms with Crippen LogP contribution in [-0.2, 0) is 11.8 Å². The van der Waals surface area contributed by atoms with E-state index in [1.807, 2.05) is 37.4 Å². The minimum absolute atomic E-state index is 0.235. The van der Waals surface area contributed by atoms with Gasteiger partial charge in [0.15, 0.2) is 29.8 Å². The summed E-state index contributed by atoms with van der Waals surface area (Å²) in [6, 6.07) is 23.9. The van der Waals surface area contributed by atoms with Crippen LogP contribution in [-0.4, -0.2) is 34.4 Å². The van der Waals surface area contributed by atoms with Gasteiger partial charge in [0.25, 0.3) is 5.91 Å². The summed E-state index contributed by atoms with van der Waals surface area (Å²) in [5.74, 6) is 1.52. The topological polar surface area (TPSA) is 102 Å². The van der Waals surface area contributed by atoms with Crippen LogP contribution in [0.3, 0.4) is 0 Å². The number of nitriles is 1. The fourth-order valence-corrected chi connectivity index (χ4v) is 3.68. The van der Waals surface area contributed by atoms with Gasteiger partial charge in [0.05, 0.1) is 23.4 Å². The van der Waals surface area contributed by atoms with Crippen molar-refractivity contribution in [2.24, 2.45) is 7.05 Å². The Morgan fingerprint density at radius 1 is 1.08 bits per heavy atom. The lowest BCUT2D eigenvalue weighted by molar-refractivity contribution is -0.118. The number of benzene rings is 3. The van der Waals surface area contributed by atoms with Gasteiger partial charge in [0, 0.05) is 12.6 Å². The number of aromatic nitrogens is 3. The first-order valence-electron chi connectivity index (χ1n) is 10.9. The van der Waals surface area contributed by atoms with Gasteiger partial charge < -0.3 is 19.4 Å². The van der Waals surface area contributed by atoms with Crippen LogP contribution in [0.5, 0.6) is 11.5 Å². The van der Waals surface area contributed by atoms with Crippen molar-refractivity contribution in [3.63, 3.8) is 0 Å². The van der Waals surface area contributed by atoms with E-state index in [-0.39, 0.29) is 12.5 Å². The lowest BCUT2D eigenvalue weighted by Crippen LogP contribution is -2.20. The molecule has 0 unspecified atom stereocenters. The molecule has 0 aliphatic rings. The Labute approximate surface area is 213 Å². The van der Waals surface area contributed by atoms with Crippen molar-refractivity contribution in [2.75, 3.05) is 19.0 Å². The van der Waals surface area contributed by atoms with E-state index in [4.69, 9.17) is 21.1 Å². The second-order valence-corrected chi connectivity index (χ2v) is 8.08. The molecule has 1 N–H and O–H groups in total. The number of nitrogens with one attached hydrogen (secondary N) is 1. The molecule has 1 heterocycles. The summed E-state index contributed by atoms with van der Waals surface area (Å²) in [4.78, 5) is 12.3. The Morgan fingerprint density at radius 2 is 1.83 bits per heavy atom. The standard InChI is InChI=1S/C27H22ClN5O3/c1-33-26(19-8-4-3-5-9-19)31-32-27(33)20(16-29)14-18-12-13-23(24(15-18)35-2)36-17-25(34)30-22-11-7-6-10-21(22)28/h3-15H,17H2,1-2H3,(H,30,34)/b20-14+. The molecule has 4 rings (SSSR count). The highest BCUT2D eigenvalue weighted by Gasteiger charge is 2.15. The zero-order chi connectivity index (χ0) is 25.5. The van der Waals surface area contributed by atoms with Crippen LogP contribution in [0.25, 0.3) is 23.0 Å². The first-order chi connectivity index (χ1) is 17.5. The van der Waals surface area contributed by atoms with Crippen LogP contribution in [0.15, 0.2) is 72.8 Å². The van der Waals surface area contributed by atoms with Crippen LogP contribution >= 0.6 is 11.6 Å². The highest BCUT2D eigenvalue weighted by molar-refractivity contribution is 6.33. The molecular weight excluding hydrogens is 478 g/mol. The first-order valence-corrected chi connectivity index (χ1v) is 11.3. The number of halogens is 1. The number of ether oxygens (including phenoxy) is 2. The molecule has 1 aromatic heterocycles. The van der Waals surface area contributed by atoms with Crippen molar-refractivity contribution in [2.45, 2.75) is 0 Å². The Kier molecular flexibility index (Phi) is 7.63. The van der Waals surface area contributed by atoms with Crippen LogP contribution in [0, 0.1) is 11.3 Å². The summed E-state index contributed by atoms with van der Waals surface area (Å²) in [5.41, 5.74) is 2.43. The number of allylic oxidation sites excluding steroid dienone is 1. The maximum atomic E-state index is 12.3. The first kappa shape index (κ1) is 24.5. The van der Waals surface area contributed by atoms with Gasteiger partial charge in [-0.1, -0.05) is 60.1 Å². The lowest BCUT2D eigenvalue weighted by atomic mass is 10.1. The van der Waals surface area contributed by atoms with E-state index in [0.29, 0.717) is 45.0 Å². The molecule has 4 aromatic rings. The Morgan fingerprint density at radius 3 is 2.56 bits per heavy atom. The Bertz CT molecular complexity index is 1460. The van der Waals surface area contributed by atoms with Crippen LogP contribution in [0.2, 0.25) is 5.02 Å². The van der Waals surface area contributed by atoms with Crippen molar-refractivity contribution in [1.82, 2.24) is 14.8 Å². The average molecular weight is 500 g/mol. The van der Waals surface area contributed by atoms with E-state index in [2.05, 4.69) is 21.6 Å². The maximum absolute atomic E-state index is 12.3. The normalized spacial score (nSPS) is 11.0. The van der Waals surface area contributed by atoms with E-state index in [1.165, 1.54) is 7.11 Å². The number of carbonyl (C=O) groups is 1. The molecule has 0 atom stereocenters. The fourth-order valence-electron chi connectivity index (χ4n) is 3.50. The van der Waals surface area contributed by atoms with Gasteiger partial charge in [-0.2, -0.15) is 5.26 Å². The number of amides is 1. The molecule has 0 aliphatic heterocycles. The third-order valence-electron chi connectivity index (χ3n) is 5.27. The smallest absolute Gasteiger partial charge is 0.262 e. The quantitative estimate of drug-likeness (QED) is 0.333. The third kappa shape index (κ3) is 5.54. The van der Waals surface area contributed by atoms with Gasteiger partial charge in [-0.05, 0) is 35.9 Å². The van der Waals surface area contributed by atoms with Crippen molar-refractivity contribution >= 4 is 34.8 Å². The number of hydrogen-bond acceptors (Lipinski definition) is 6. The number of rotatable bonds is 8. The molecule has 0 bridgehead atoms. The van der Waals surface area contributed by atoms with Gasteiger partial charge in [-0.25, -0.2) is 0 Å². The second-order valence-electron chi connectivity index (χ2n) is 7.67. The summed E-state index contributed by atoms with van der Waals surface area (Å²) in [6.45, 7) is -0.235. The van der Waals surface area contributed by atoms with Gasteiger partial charge >= 0.3 is 0 Å². The summed E-state index contributed by atoms with van der Waals surface area (Å²) in [7, 11) is 3.31. The lowest BCUT2D eigenvalue weighted by Gasteiger charge is -2.12. The highest BCUT2D eigenvalue weighted by atomic mass is 35.5. The van der Waals surface area contributed by atoms with Gasteiger partial charge in [-0.15, -0.1) is 10.2 Å². The van der Waals surface area contributed by atoms with E-state index >= 15 is 0 Å². The van der Waals surface area contributed by atoms with Crippen molar-refractivity contribution in [3.8, 4) is 29.0 Å². The number of para-hydroxylation sites is 1. The van der Waals surface area contributed by atoms with Crippen LogP contribution < -0.4 is 14.8 Å². The van der Waals surface area contributed by atoms with Crippen LogP contribution in [0.4, 0.5) is 5.69 Å². The van der Waals surface area contributed by atoms with Crippen molar-refractivity contribution in [1.29, 1.82) is 5.26 Å². The molecule has 0 spiro atoms. The van der Waals surface area contributed by atoms with E-state index in [1.54, 1.807) is 53.1 Å². The number of anilines is 1. The zero-order valence-corrected chi connectivity index (χ0v) is 20.4. The summed E-state index contributed by atoms with van der Waals surface area (Å²) >= 11 is 6.08. The van der Waals surface area contributed by atoms with Crippen molar-refractivity contribution in [3.05, 3.63) is 89.2 Å². The van der Waals surface area contributed by atoms with Crippen molar-refractivity contribution < 1.29 is 14.3 Å². The van der Waals surface area contributed by atoms with Gasteiger partial charge in [0.2, 0.25) is 0 Å². The van der Waals surface area contributed by atoms with E-state index < -0.39 is 0 Å². The second kappa shape index (κ2) is 11.2. The summed E-state index contributed by atoms with van der Waals surface area (Å²) in [6.07, 6.45) is 1.69. The molecule has 0 aliphatic carbocycles. The SMILES string of the molecule is COc1cc(/C=C(\C#N)c2nnc(-c3ccccc3)n2C)ccc1OCC(=O)Nc1ccccc1Cl. The average Bonchev–Trinajstić information content (AvgIpc) is 3.29. The molecule has 0 saturated heterocycles. The van der Waals surface area contributed by atoms with Gasteiger partial charge in [0.1, 0.15) is 6.07 Å². The zero-order valence-electron chi connectivity index (χ0n) is 19.6. The molecule has 0 fully saturated rings. The molecule has 180 valence electrons. The largest absolute Gasteiger partial charge is 0.493 e. The van der Waals surface area contributed by atoms with Gasteiger partial charge in [-0.3, -0.25) is 4.79 Å². The monoisotopic (exact) mass is 499 g/mol. The van der Waals surface area contributed by atoms with E-state index in [0.717, 1.165) is 5.56 Å². The predicted octanol–water partition coefficient (Wildman–Crippen LogP) is 5.23. The number of methoxy groups -OCH3 is 1. The minimum Gasteiger partial charge on any atom is -0.493 e. The highest BCUT2D eigenvalue weighted by Crippen LogP contribution is 2.30. The molecule has 1 amide bonds. The summed E-state index contributed by atoms with van der Waals surface area (Å²) < 4.78 is 12.9. The van der Waals surface area contributed by atoms with E-state index in [9.17, 15) is 10.1 Å². The third-order valence-corrected chi connectivity index (χ3v) is 5.60. The molecule has 8 nitrogen and oxygen atoms in total.